The summed E-state index contributed by atoms with van der Waals surface area (Å²) in [5, 5.41) is 2.58. The van der Waals surface area contributed by atoms with Crippen LogP contribution >= 0.6 is 0 Å². The minimum absolute atomic E-state index is 0.0104. The Kier molecular flexibility index (Phi) is 5.60. The van der Waals surface area contributed by atoms with Crippen LogP contribution in [0.4, 0.5) is 0 Å². The summed E-state index contributed by atoms with van der Waals surface area (Å²) < 4.78 is 4.57. The Morgan fingerprint density at radius 2 is 2.07 bits per heavy atom. The molecule has 0 spiro atoms. The third-order valence-corrected chi connectivity index (χ3v) is 1.77. The first-order chi connectivity index (χ1) is 6.52. The molecule has 14 heavy (non-hydrogen) atoms. The molecule has 0 rings (SSSR count). The SMILES string of the molecule is C=CCC(=O)N[C@H](C(=O)OC)C(C)C. The predicted octanol–water partition coefficient (Wildman–Crippen LogP) is 0.876. The van der Waals surface area contributed by atoms with E-state index in [0.29, 0.717) is 0 Å². The highest BCUT2D eigenvalue weighted by Crippen LogP contribution is 2.03. The van der Waals surface area contributed by atoms with E-state index in [1.54, 1.807) is 0 Å². The second kappa shape index (κ2) is 6.18. The van der Waals surface area contributed by atoms with Crippen molar-refractivity contribution < 1.29 is 14.3 Å². The van der Waals surface area contributed by atoms with E-state index < -0.39 is 12.0 Å². The number of ether oxygens (including phenoxy) is 1. The number of nitrogens with one attached hydrogen (secondary N) is 1. The van der Waals surface area contributed by atoms with E-state index in [-0.39, 0.29) is 18.2 Å². The molecule has 0 aromatic heterocycles. The first kappa shape index (κ1) is 12.7. The maximum atomic E-state index is 11.2. The van der Waals surface area contributed by atoms with Crippen molar-refractivity contribution in [1.82, 2.24) is 5.32 Å². The molecular weight excluding hydrogens is 182 g/mol. The van der Waals surface area contributed by atoms with Gasteiger partial charge in [-0.15, -0.1) is 6.58 Å². The van der Waals surface area contributed by atoms with Crippen LogP contribution in [0.1, 0.15) is 20.3 Å². The zero-order valence-corrected chi connectivity index (χ0v) is 8.87. The number of hydrogen-bond donors (Lipinski definition) is 1. The summed E-state index contributed by atoms with van der Waals surface area (Å²) in [5.41, 5.74) is 0. The molecule has 4 nitrogen and oxygen atoms in total. The van der Waals surface area contributed by atoms with Crippen LogP contribution in [0.2, 0.25) is 0 Å². The lowest BCUT2D eigenvalue weighted by Crippen LogP contribution is -2.44. The lowest BCUT2D eigenvalue weighted by molar-refractivity contribution is -0.146. The van der Waals surface area contributed by atoms with Gasteiger partial charge in [0, 0.05) is 6.42 Å². The number of amides is 1. The van der Waals surface area contributed by atoms with Crippen molar-refractivity contribution in [3.8, 4) is 0 Å². The van der Waals surface area contributed by atoms with Crippen LogP contribution in [0.3, 0.4) is 0 Å². The molecule has 0 fully saturated rings. The van der Waals surface area contributed by atoms with Crippen molar-refractivity contribution in [2.45, 2.75) is 26.3 Å². The fourth-order valence-electron chi connectivity index (χ4n) is 0.988. The summed E-state index contributed by atoms with van der Waals surface area (Å²) in [6.45, 7) is 7.13. The van der Waals surface area contributed by atoms with Crippen molar-refractivity contribution in [3.05, 3.63) is 12.7 Å². The zero-order chi connectivity index (χ0) is 11.1. The summed E-state index contributed by atoms with van der Waals surface area (Å²) >= 11 is 0. The first-order valence-electron chi connectivity index (χ1n) is 4.51. The molecule has 0 bridgehead atoms. The zero-order valence-electron chi connectivity index (χ0n) is 8.87. The Bertz CT molecular complexity index is 223. The van der Waals surface area contributed by atoms with Crippen LogP contribution in [-0.2, 0) is 14.3 Å². The smallest absolute Gasteiger partial charge is 0.328 e. The number of esters is 1. The van der Waals surface area contributed by atoms with Gasteiger partial charge in [-0.3, -0.25) is 4.79 Å². The van der Waals surface area contributed by atoms with Crippen molar-refractivity contribution >= 4 is 11.9 Å². The molecule has 0 aromatic carbocycles. The molecule has 0 heterocycles. The normalized spacial score (nSPS) is 12.0. The van der Waals surface area contributed by atoms with Gasteiger partial charge in [-0.25, -0.2) is 4.79 Å². The molecule has 0 unspecified atom stereocenters. The average Bonchev–Trinajstić information content (AvgIpc) is 2.13. The molecule has 80 valence electrons. The molecule has 0 aliphatic heterocycles. The van der Waals surface area contributed by atoms with Crippen molar-refractivity contribution in [2.75, 3.05) is 7.11 Å². The standard InChI is InChI=1S/C10H17NO3/c1-5-6-8(12)11-9(7(2)3)10(13)14-4/h5,7,9H,1,6H2,2-4H3,(H,11,12)/t9-/m0/s1. The fourth-order valence-corrected chi connectivity index (χ4v) is 0.988. The molecule has 0 aromatic rings. The highest BCUT2D eigenvalue weighted by atomic mass is 16.5. The van der Waals surface area contributed by atoms with Gasteiger partial charge in [-0.05, 0) is 5.92 Å². The van der Waals surface area contributed by atoms with Crippen LogP contribution in [0.25, 0.3) is 0 Å². The van der Waals surface area contributed by atoms with Crippen LogP contribution < -0.4 is 5.32 Å². The summed E-state index contributed by atoms with van der Waals surface area (Å²) in [6.07, 6.45) is 1.70. The van der Waals surface area contributed by atoms with E-state index in [0.717, 1.165) is 0 Å². The van der Waals surface area contributed by atoms with Gasteiger partial charge in [0.2, 0.25) is 5.91 Å². The quantitative estimate of drug-likeness (QED) is 0.528. The maximum Gasteiger partial charge on any atom is 0.328 e. The van der Waals surface area contributed by atoms with E-state index in [1.807, 2.05) is 13.8 Å². The minimum Gasteiger partial charge on any atom is -0.467 e. The van der Waals surface area contributed by atoms with E-state index in [9.17, 15) is 9.59 Å². The third kappa shape index (κ3) is 4.07. The molecule has 0 aliphatic rings. The molecule has 1 N–H and O–H groups in total. The van der Waals surface area contributed by atoms with E-state index in [4.69, 9.17) is 0 Å². The number of carbonyl (C=O) groups is 2. The van der Waals surface area contributed by atoms with Crippen LogP contribution in [0.15, 0.2) is 12.7 Å². The molecule has 0 saturated heterocycles. The lowest BCUT2D eigenvalue weighted by atomic mass is 10.0. The van der Waals surface area contributed by atoms with Gasteiger partial charge in [0.05, 0.1) is 7.11 Å². The van der Waals surface area contributed by atoms with E-state index in [2.05, 4.69) is 16.6 Å². The monoisotopic (exact) mass is 199 g/mol. The average molecular weight is 199 g/mol. The Labute approximate surface area is 84.3 Å². The number of carbonyl (C=O) groups excluding carboxylic acids is 2. The molecule has 0 saturated carbocycles. The fraction of sp³-hybridized carbons (Fsp3) is 0.600. The van der Waals surface area contributed by atoms with Crippen LogP contribution in [-0.4, -0.2) is 25.0 Å². The van der Waals surface area contributed by atoms with Crippen LogP contribution in [0.5, 0.6) is 0 Å². The Hall–Kier alpha value is -1.32. The maximum absolute atomic E-state index is 11.2. The summed E-state index contributed by atoms with van der Waals surface area (Å²) in [5.74, 6) is -0.627. The van der Waals surface area contributed by atoms with Crippen molar-refractivity contribution in [2.24, 2.45) is 5.92 Å². The molecule has 0 aliphatic carbocycles. The molecule has 4 heteroatoms. The van der Waals surface area contributed by atoms with Gasteiger partial charge >= 0.3 is 5.97 Å². The summed E-state index contributed by atoms with van der Waals surface area (Å²) in [4.78, 5) is 22.4. The Morgan fingerprint density at radius 3 is 2.43 bits per heavy atom. The van der Waals surface area contributed by atoms with Gasteiger partial charge in [0.25, 0.3) is 0 Å². The predicted molar refractivity (Wildman–Crippen MR) is 53.6 cm³/mol. The Balaban J connectivity index is 4.30. The van der Waals surface area contributed by atoms with Crippen molar-refractivity contribution in [3.63, 3.8) is 0 Å². The Morgan fingerprint density at radius 1 is 1.50 bits per heavy atom. The second-order valence-electron chi connectivity index (χ2n) is 3.31. The first-order valence-corrected chi connectivity index (χ1v) is 4.51. The molecular formula is C10H17NO3. The number of rotatable bonds is 5. The molecule has 0 radical (unpaired) electrons. The third-order valence-electron chi connectivity index (χ3n) is 1.77. The number of hydrogen-bond acceptors (Lipinski definition) is 3. The molecule has 1 atom stereocenters. The van der Waals surface area contributed by atoms with Gasteiger partial charge in [0.1, 0.15) is 6.04 Å². The number of methoxy groups -OCH3 is 1. The highest BCUT2D eigenvalue weighted by molar-refractivity contribution is 5.85. The van der Waals surface area contributed by atoms with E-state index >= 15 is 0 Å². The van der Waals surface area contributed by atoms with Gasteiger partial charge in [-0.1, -0.05) is 19.9 Å². The lowest BCUT2D eigenvalue weighted by Gasteiger charge is -2.19. The van der Waals surface area contributed by atoms with Gasteiger partial charge in [0.15, 0.2) is 0 Å². The van der Waals surface area contributed by atoms with Gasteiger partial charge < -0.3 is 10.1 Å². The van der Waals surface area contributed by atoms with E-state index in [1.165, 1.54) is 13.2 Å². The molecule has 1 amide bonds. The van der Waals surface area contributed by atoms with Crippen LogP contribution in [0, 0.1) is 5.92 Å². The topological polar surface area (TPSA) is 55.4 Å². The second-order valence-corrected chi connectivity index (χ2v) is 3.31. The summed E-state index contributed by atoms with van der Waals surface area (Å²) in [6, 6.07) is -0.576. The minimum atomic E-state index is -0.576. The highest BCUT2D eigenvalue weighted by Gasteiger charge is 2.24. The van der Waals surface area contributed by atoms with Crippen molar-refractivity contribution in [1.29, 1.82) is 0 Å². The van der Waals surface area contributed by atoms with Gasteiger partial charge in [-0.2, -0.15) is 0 Å². The largest absolute Gasteiger partial charge is 0.467 e. The summed E-state index contributed by atoms with van der Waals surface area (Å²) in [7, 11) is 1.30.